The van der Waals surface area contributed by atoms with Crippen LogP contribution in [0.5, 0.6) is 11.5 Å². The summed E-state index contributed by atoms with van der Waals surface area (Å²) in [5.74, 6) is 0.701. The van der Waals surface area contributed by atoms with E-state index in [4.69, 9.17) is 0 Å². The smallest absolute Gasteiger partial charge is 0.123 e. The summed E-state index contributed by atoms with van der Waals surface area (Å²) in [6.07, 6.45) is 0. The average Bonchev–Trinajstić information content (AvgIpc) is 2.50. The highest BCUT2D eigenvalue weighted by Gasteiger charge is 2.40. The molecule has 0 aliphatic carbocycles. The fraction of sp³-hybridized carbons (Fsp3) is 0.571. The molecular formula is C28H42O2. The van der Waals surface area contributed by atoms with Crippen LogP contribution in [0.1, 0.15) is 105 Å². The lowest BCUT2D eigenvalue weighted by Crippen LogP contribution is -2.30. The molecule has 0 aliphatic rings. The number of hydrogen-bond acceptors (Lipinski definition) is 2. The summed E-state index contributed by atoms with van der Waals surface area (Å²) in [6, 6.07) is 7.53. The summed E-state index contributed by atoms with van der Waals surface area (Å²) in [5.41, 5.74) is 5.90. The van der Waals surface area contributed by atoms with Crippen LogP contribution in [0.25, 0.3) is 11.1 Å². The Morgan fingerprint density at radius 2 is 0.767 bits per heavy atom. The van der Waals surface area contributed by atoms with Crippen LogP contribution in [0.15, 0.2) is 24.3 Å². The van der Waals surface area contributed by atoms with Crippen molar-refractivity contribution in [3.05, 3.63) is 46.5 Å². The van der Waals surface area contributed by atoms with Gasteiger partial charge in [-0.1, -0.05) is 95.2 Å². The molecule has 0 radical (unpaired) electrons. The van der Waals surface area contributed by atoms with E-state index < -0.39 is 0 Å². The molecule has 0 atom stereocenters. The van der Waals surface area contributed by atoms with E-state index in [2.05, 4.69) is 83.1 Å². The molecular weight excluding hydrogens is 368 g/mol. The average molecular weight is 411 g/mol. The summed E-state index contributed by atoms with van der Waals surface area (Å²) in [7, 11) is 0. The fourth-order valence-electron chi connectivity index (χ4n) is 4.61. The van der Waals surface area contributed by atoms with E-state index in [1.54, 1.807) is 12.1 Å². The monoisotopic (exact) mass is 410 g/mol. The van der Waals surface area contributed by atoms with Gasteiger partial charge in [0, 0.05) is 11.1 Å². The van der Waals surface area contributed by atoms with E-state index in [0.717, 1.165) is 16.7 Å². The first-order chi connectivity index (χ1) is 13.3. The summed E-state index contributed by atoms with van der Waals surface area (Å²) >= 11 is 0. The lowest BCUT2D eigenvalue weighted by molar-refractivity contribution is 0.406. The molecule has 2 aromatic carbocycles. The number of benzene rings is 2. The summed E-state index contributed by atoms with van der Waals surface area (Å²) in [4.78, 5) is 0. The van der Waals surface area contributed by atoms with Gasteiger partial charge in [0.1, 0.15) is 11.5 Å². The van der Waals surface area contributed by atoms with Crippen molar-refractivity contribution in [3.8, 4) is 22.6 Å². The first-order valence-electron chi connectivity index (χ1n) is 11.0. The zero-order chi connectivity index (χ0) is 23.4. The number of hydrogen-bond donors (Lipinski definition) is 2. The second kappa shape index (κ2) is 7.32. The largest absolute Gasteiger partial charge is 0.508 e. The summed E-state index contributed by atoms with van der Waals surface area (Å²) < 4.78 is 0. The first-order valence-corrected chi connectivity index (χ1v) is 11.0. The Hall–Kier alpha value is -1.96. The molecule has 0 saturated heterocycles. The summed E-state index contributed by atoms with van der Waals surface area (Å²) in [6.45, 7) is 26.4. The Morgan fingerprint density at radius 1 is 0.467 bits per heavy atom. The molecule has 0 unspecified atom stereocenters. The van der Waals surface area contributed by atoms with Crippen LogP contribution >= 0.6 is 0 Å². The van der Waals surface area contributed by atoms with Crippen molar-refractivity contribution >= 4 is 0 Å². The van der Waals surface area contributed by atoms with E-state index in [9.17, 15) is 10.2 Å². The van der Waals surface area contributed by atoms with Gasteiger partial charge in [-0.2, -0.15) is 0 Å². The Bertz CT molecular complexity index is 867. The Kier molecular flexibility index (Phi) is 5.93. The van der Waals surface area contributed by atoms with Crippen LogP contribution in [0.4, 0.5) is 0 Å². The molecule has 0 aromatic heterocycles. The third-order valence-electron chi connectivity index (χ3n) is 5.63. The quantitative estimate of drug-likeness (QED) is 0.500. The maximum atomic E-state index is 11.8. The van der Waals surface area contributed by atoms with Crippen molar-refractivity contribution in [2.45, 2.75) is 105 Å². The molecule has 0 amide bonds. The normalized spacial score (nSPS) is 13.6. The standard InChI is InChI=1S/C28H42O2/c1-25(2,3)20-19(17-13-15-18(29)16-14-17)21(26(4,5)6)23(28(10,11)12)24(30)22(20)27(7,8)9/h13-16,29-30H,1-12H3. The van der Waals surface area contributed by atoms with Gasteiger partial charge in [-0.05, 0) is 56.0 Å². The third-order valence-corrected chi connectivity index (χ3v) is 5.63. The molecule has 2 nitrogen and oxygen atoms in total. The molecule has 2 heteroatoms. The summed E-state index contributed by atoms with van der Waals surface area (Å²) in [5, 5.41) is 21.8. The van der Waals surface area contributed by atoms with Gasteiger partial charge in [-0.3, -0.25) is 0 Å². The highest BCUT2D eigenvalue weighted by Crippen LogP contribution is 2.54. The maximum Gasteiger partial charge on any atom is 0.123 e. The second-order valence-corrected chi connectivity index (χ2v) is 12.8. The van der Waals surface area contributed by atoms with Crippen molar-refractivity contribution in [2.24, 2.45) is 0 Å². The molecule has 2 aromatic rings. The first kappa shape index (κ1) is 24.3. The van der Waals surface area contributed by atoms with Crippen LogP contribution in [-0.4, -0.2) is 10.2 Å². The van der Waals surface area contributed by atoms with Gasteiger partial charge < -0.3 is 10.2 Å². The van der Waals surface area contributed by atoms with E-state index in [-0.39, 0.29) is 27.4 Å². The van der Waals surface area contributed by atoms with Crippen molar-refractivity contribution in [1.82, 2.24) is 0 Å². The Balaban J connectivity index is 3.35. The van der Waals surface area contributed by atoms with E-state index >= 15 is 0 Å². The van der Waals surface area contributed by atoms with Crippen LogP contribution < -0.4 is 0 Å². The highest BCUT2D eigenvalue weighted by molar-refractivity contribution is 5.80. The van der Waals surface area contributed by atoms with Crippen LogP contribution in [0.2, 0.25) is 0 Å². The zero-order valence-electron chi connectivity index (χ0n) is 21.2. The van der Waals surface area contributed by atoms with Gasteiger partial charge in [0.05, 0.1) is 0 Å². The topological polar surface area (TPSA) is 40.5 Å². The lowest BCUT2D eigenvalue weighted by atomic mass is 9.63. The Labute approximate surface area is 184 Å². The molecule has 2 rings (SSSR count). The van der Waals surface area contributed by atoms with Crippen LogP contribution in [-0.2, 0) is 21.7 Å². The molecule has 0 spiro atoms. The highest BCUT2D eigenvalue weighted by atomic mass is 16.3. The van der Waals surface area contributed by atoms with Crippen molar-refractivity contribution in [1.29, 1.82) is 0 Å². The number of phenolic OH excluding ortho intramolecular Hbond substituents is 2. The van der Waals surface area contributed by atoms with Gasteiger partial charge in [0.25, 0.3) is 0 Å². The second-order valence-electron chi connectivity index (χ2n) is 12.8. The van der Waals surface area contributed by atoms with Crippen LogP contribution in [0, 0.1) is 0 Å². The van der Waals surface area contributed by atoms with E-state index in [1.165, 1.54) is 16.7 Å². The Morgan fingerprint density at radius 3 is 1.03 bits per heavy atom. The predicted octanol–water partition coefficient (Wildman–Crippen LogP) is 7.95. The van der Waals surface area contributed by atoms with Crippen molar-refractivity contribution in [3.63, 3.8) is 0 Å². The number of aromatic hydroxyl groups is 2. The molecule has 166 valence electrons. The molecule has 0 fully saturated rings. The minimum Gasteiger partial charge on any atom is -0.508 e. The van der Waals surface area contributed by atoms with Crippen molar-refractivity contribution in [2.75, 3.05) is 0 Å². The van der Waals surface area contributed by atoms with Gasteiger partial charge in [0.15, 0.2) is 0 Å². The molecule has 30 heavy (non-hydrogen) atoms. The van der Waals surface area contributed by atoms with Gasteiger partial charge in [0.2, 0.25) is 0 Å². The van der Waals surface area contributed by atoms with Gasteiger partial charge in [-0.25, -0.2) is 0 Å². The SMILES string of the molecule is CC(C)(C)c1c(O)c(C(C)(C)C)c(C(C)(C)C)c(-c2ccc(O)cc2)c1C(C)(C)C. The minimum atomic E-state index is -0.227. The van der Waals surface area contributed by atoms with E-state index in [0.29, 0.717) is 5.75 Å². The van der Waals surface area contributed by atoms with Crippen LogP contribution in [0.3, 0.4) is 0 Å². The number of phenols is 2. The molecule has 0 aliphatic heterocycles. The molecule has 0 heterocycles. The molecule has 0 saturated carbocycles. The minimum absolute atomic E-state index is 0.177. The number of rotatable bonds is 1. The maximum absolute atomic E-state index is 11.8. The van der Waals surface area contributed by atoms with Gasteiger partial charge >= 0.3 is 0 Å². The molecule has 2 N–H and O–H groups in total. The fourth-order valence-corrected chi connectivity index (χ4v) is 4.61. The van der Waals surface area contributed by atoms with Gasteiger partial charge in [-0.15, -0.1) is 0 Å². The molecule has 0 bridgehead atoms. The lowest BCUT2D eigenvalue weighted by Gasteiger charge is -2.41. The predicted molar refractivity (Wildman–Crippen MR) is 130 cm³/mol. The van der Waals surface area contributed by atoms with E-state index in [1.807, 2.05) is 12.1 Å². The zero-order valence-corrected chi connectivity index (χ0v) is 21.2. The third kappa shape index (κ3) is 4.53. The van der Waals surface area contributed by atoms with Crippen molar-refractivity contribution < 1.29 is 10.2 Å².